The van der Waals surface area contributed by atoms with Crippen LogP contribution in [0.2, 0.25) is 0 Å². The molecule has 0 saturated heterocycles. The van der Waals surface area contributed by atoms with Crippen LogP contribution < -0.4 is 4.90 Å². The van der Waals surface area contributed by atoms with Crippen molar-refractivity contribution in [1.82, 2.24) is 14.9 Å². The van der Waals surface area contributed by atoms with Crippen molar-refractivity contribution in [3.63, 3.8) is 0 Å². The topological polar surface area (TPSA) is 87.8 Å². The summed E-state index contributed by atoms with van der Waals surface area (Å²) in [6, 6.07) is 2.93. The van der Waals surface area contributed by atoms with Gasteiger partial charge in [0.15, 0.2) is 5.76 Å². The highest BCUT2D eigenvalue weighted by atomic mass is 32.1. The number of pyridine rings is 1. The zero-order chi connectivity index (χ0) is 20.4. The van der Waals surface area contributed by atoms with Gasteiger partial charge in [-0.25, -0.2) is 4.98 Å². The van der Waals surface area contributed by atoms with Crippen LogP contribution in [0.1, 0.15) is 38.4 Å². The lowest BCUT2D eigenvalue weighted by Gasteiger charge is -2.26. The lowest BCUT2D eigenvalue weighted by molar-refractivity contribution is -0.858. The van der Waals surface area contributed by atoms with Crippen molar-refractivity contribution in [2.75, 3.05) is 27.2 Å². The van der Waals surface area contributed by atoms with E-state index in [0.29, 0.717) is 17.1 Å². The van der Waals surface area contributed by atoms with Gasteiger partial charge in [0, 0.05) is 25.4 Å². The number of hydrogen-bond acceptors (Lipinski definition) is 6. The summed E-state index contributed by atoms with van der Waals surface area (Å²) in [5, 5.41) is 11.4. The van der Waals surface area contributed by atoms with Crippen molar-refractivity contribution in [2.24, 2.45) is 0 Å². The average Bonchev–Trinajstić information content (AvgIpc) is 3.12. The Morgan fingerprint density at radius 2 is 1.96 bits per heavy atom. The number of aryl methyl sites for hydroxylation is 2. The van der Waals surface area contributed by atoms with Gasteiger partial charge in [0.1, 0.15) is 0 Å². The lowest BCUT2D eigenvalue weighted by Crippen LogP contribution is -3.05. The number of aromatic nitrogens is 2. The van der Waals surface area contributed by atoms with E-state index in [1.165, 1.54) is 16.2 Å². The third-order valence-electron chi connectivity index (χ3n) is 4.76. The first kappa shape index (κ1) is 20.2. The maximum atomic E-state index is 13.3. The van der Waals surface area contributed by atoms with Gasteiger partial charge in [0.2, 0.25) is 5.78 Å². The number of carbonyl (C=O) groups is 2. The molecule has 0 saturated carbocycles. The second-order valence-corrected chi connectivity index (χ2v) is 8.43. The van der Waals surface area contributed by atoms with Gasteiger partial charge in [-0.05, 0) is 31.5 Å². The summed E-state index contributed by atoms with van der Waals surface area (Å²) in [7, 11) is 4.09. The first-order valence-electron chi connectivity index (χ1n) is 9.23. The minimum absolute atomic E-state index is 0.125. The molecule has 7 nitrogen and oxygen atoms in total. The average molecular weight is 402 g/mol. The molecule has 0 fully saturated rings. The highest BCUT2D eigenvalue weighted by molar-refractivity contribution is 7.14. The maximum Gasteiger partial charge on any atom is 0.290 e. The van der Waals surface area contributed by atoms with Crippen molar-refractivity contribution >= 4 is 23.0 Å². The number of carbonyl (C=O) groups excluding carboxylic acids is 2. The molecule has 8 heteroatoms. The van der Waals surface area contributed by atoms with Crippen LogP contribution in [0.25, 0.3) is 0 Å². The molecule has 2 N–H and O–H groups in total. The standard InChI is InChI=1S/C20H24N4O3S/c1-12-19(28-13(2)22-12)17(25)15-16(14-6-8-21-9-7-14)24(20(27)18(15)26)11-5-10-23(3)4/h6-9,16,26H,5,10-11H2,1-4H3/p+1/t16-/m0/s1. The molecule has 2 aromatic rings. The fraction of sp³-hybridized carbons (Fsp3) is 0.400. The van der Waals surface area contributed by atoms with E-state index in [2.05, 4.69) is 9.97 Å². The normalized spacial score (nSPS) is 17.1. The Hall–Kier alpha value is -2.58. The summed E-state index contributed by atoms with van der Waals surface area (Å²) in [4.78, 5) is 37.8. The van der Waals surface area contributed by atoms with Gasteiger partial charge < -0.3 is 14.9 Å². The molecule has 1 aliphatic rings. The molecule has 0 aromatic carbocycles. The van der Waals surface area contributed by atoms with Crippen LogP contribution in [0.4, 0.5) is 0 Å². The zero-order valence-corrected chi connectivity index (χ0v) is 17.3. The summed E-state index contributed by atoms with van der Waals surface area (Å²) < 4.78 is 0. The van der Waals surface area contributed by atoms with Gasteiger partial charge in [0.25, 0.3) is 5.91 Å². The second-order valence-electron chi connectivity index (χ2n) is 7.23. The molecular weight excluding hydrogens is 376 g/mol. The Kier molecular flexibility index (Phi) is 5.90. The van der Waals surface area contributed by atoms with E-state index in [0.717, 1.165) is 23.5 Å². The summed E-state index contributed by atoms with van der Waals surface area (Å²) >= 11 is 1.28. The lowest BCUT2D eigenvalue weighted by atomic mass is 9.95. The van der Waals surface area contributed by atoms with Gasteiger partial charge in [-0.2, -0.15) is 0 Å². The number of rotatable bonds is 7. The molecule has 0 bridgehead atoms. The highest BCUT2D eigenvalue weighted by Gasteiger charge is 2.44. The summed E-state index contributed by atoms with van der Waals surface area (Å²) in [6.45, 7) is 4.94. The largest absolute Gasteiger partial charge is 0.503 e. The van der Waals surface area contributed by atoms with E-state index in [-0.39, 0.29) is 11.4 Å². The van der Waals surface area contributed by atoms with E-state index in [4.69, 9.17) is 0 Å². The summed E-state index contributed by atoms with van der Waals surface area (Å²) in [5.74, 6) is -1.30. The highest BCUT2D eigenvalue weighted by Crippen LogP contribution is 2.39. The monoisotopic (exact) mass is 401 g/mol. The molecular formula is C20H25N4O3S+. The van der Waals surface area contributed by atoms with Crippen LogP contribution in [-0.4, -0.2) is 58.8 Å². The minimum Gasteiger partial charge on any atom is -0.503 e. The van der Waals surface area contributed by atoms with Crippen LogP contribution in [0, 0.1) is 13.8 Å². The Morgan fingerprint density at radius 1 is 1.29 bits per heavy atom. The van der Waals surface area contributed by atoms with E-state index in [1.807, 2.05) is 21.0 Å². The molecule has 148 valence electrons. The van der Waals surface area contributed by atoms with Crippen molar-refractivity contribution < 1.29 is 19.6 Å². The molecule has 1 amide bonds. The van der Waals surface area contributed by atoms with E-state index < -0.39 is 17.7 Å². The van der Waals surface area contributed by atoms with Crippen molar-refractivity contribution in [2.45, 2.75) is 26.3 Å². The summed E-state index contributed by atoms with van der Waals surface area (Å²) in [5.41, 5.74) is 1.50. The Bertz CT molecular complexity index is 921. The third-order valence-corrected chi connectivity index (χ3v) is 5.83. The van der Waals surface area contributed by atoms with Gasteiger partial charge in [-0.1, -0.05) is 0 Å². The number of nitrogens with one attached hydrogen (secondary N) is 1. The van der Waals surface area contributed by atoms with Crippen molar-refractivity contribution in [3.8, 4) is 0 Å². The van der Waals surface area contributed by atoms with E-state index in [1.54, 1.807) is 36.4 Å². The van der Waals surface area contributed by atoms with Crippen LogP contribution in [0.15, 0.2) is 35.9 Å². The number of hydrogen-bond donors (Lipinski definition) is 2. The van der Waals surface area contributed by atoms with E-state index >= 15 is 0 Å². The molecule has 0 spiro atoms. The van der Waals surface area contributed by atoms with Gasteiger partial charge in [0.05, 0.1) is 47.8 Å². The van der Waals surface area contributed by atoms with Crippen LogP contribution >= 0.6 is 11.3 Å². The van der Waals surface area contributed by atoms with Gasteiger partial charge in [-0.3, -0.25) is 14.6 Å². The predicted molar refractivity (Wildman–Crippen MR) is 107 cm³/mol. The van der Waals surface area contributed by atoms with E-state index in [9.17, 15) is 14.7 Å². The predicted octanol–water partition coefficient (Wildman–Crippen LogP) is 1.27. The molecule has 2 aromatic heterocycles. The molecule has 1 aliphatic heterocycles. The van der Waals surface area contributed by atoms with Crippen LogP contribution in [0.5, 0.6) is 0 Å². The molecule has 0 radical (unpaired) electrons. The zero-order valence-electron chi connectivity index (χ0n) is 16.5. The molecule has 3 heterocycles. The number of amides is 1. The number of Topliss-reactive ketones (excluding diaryl/α,β-unsaturated/α-hetero) is 1. The first-order valence-corrected chi connectivity index (χ1v) is 10.0. The Morgan fingerprint density at radius 3 is 2.54 bits per heavy atom. The summed E-state index contributed by atoms with van der Waals surface area (Å²) in [6.07, 6.45) is 4.02. The molecule has 0 unspecified atom stereocenters. The fourth-order valence-electron chi connectivity index (χ4n) is 3.48. The van der Waals surface area contributed by atoms with Crippen LogP contribution in [-0.2, 0) is 4.79 Å². The Balaban J connectivity index is 2.01. The number of aliphatic hydroxyl groups excluding tert-OH is 1. The number of ketones is 1. The molecule has 3 rings (SSSR count). The van der Waals surface area contributed by atoms with Gasteiger partial charge >= 0.3 is 0 Å². The number of aliphatic hydroxyl groups is 1. The SMILES string of the molecule is Cc1nc(C)c(C(=O)C2=C(O)C(=O)N(CCC[NH+](C)C)[C@H]2c2ccncc2)s1. The number of nitrogens with zero attached hydrogens (tertiary/aromatic N) is 3. The Labute approximate surface area is 168 Å². The number of quaternary nitrogens is 1. The molecule has 0 aliphatic carbocycles. The van der Waals surface area contributed by atoms with Crippen molar-refractivity contribution in [1.29, 1.82) is 0 Å². The minimum atomic E-state index is -0.623. The fourth-order valence-corrected chi connectivity index (χ4v) is 4.35. The third kappa shape index (κ3) is 3.83. The molecule has 1 atom stereocenters. The number of thiazole rings is 1. The smallest absolute Gasteiger partial charge is 0.290 e. The van der Waals surface area contributed by atoms with Gasteiger partial charge in [-0.15, -0.1) is 11.3 Å². The quantitative estimate of drug-likeness (QED) is 0.682. The van der Waals surface area contributed by atoms with Crippen molar-refractivity contribution in [3.05, 3.63) is 57.0 Å². The van der Waals surface area contributed by atoms with Crippen LogP contribution in [0.3, 0.4) is 0 Å². The molecule has 28 heavy (non-hydrogen) atoms. The maximum absolute atomic E-state index is 13.3. The first-order chi connectivity index (χ1) is 13.3. The second kappa shape index (κ2) is 8.20.